The highest BCUT2D eigenvalue weighted by molar-refractivity contribution is 9.10. The fourth-order valence-electron chi connectivity index (χ4n) is 3.41. The second-order valence-electron chi connectivity index (χ2n) is 6.24. The summed E-state index contributed by atoms with van der Waals surface area (Å²) in [6.07, 6.45) is 4.08. The van der Waals surface area contributed by atoms with Crippen molar-refractivity contribution in [2.24, 2.45) is 5.92 Å². The quantitative estimate of drug-likeness (QED) is 0.580. The molecule has 1 nitrogen and oxygen atoms in total. The van der Waals surface area contributed by atoms with Gasteiger partial charge < -0.3 is 0 Å². The minimum Gasteiger partial charge on any atom is -0.259 e. The Morgan fingerprint density at radius 3 is 2.52 bits per heavy atom. The van der Waals surface area contributed by atoms with Crippen molar-refractivity contribution in [3.8, 4) is 0 Å². The Balaban J connectivity index is 2.26. The van der Waals surface area contributed by atoms with Gasteiger partial charge in [0.2, 0.25) is 0 Å². The van der Waals surface area contributed by atoms with Crippen LogP contribution in [0.3, 0.4) is 0 Å². The number of benzene rings is 1. The number of aryl methyl sites for hydroxylation is 3. The molecule has 3 rings (SSSR count). The van der Waals surface area contributed by atoms with E-state index in [1.54, 1.807) is 0 Å². The van der Waals surface area contributed by atoms with Crippen molar-refractivity contribution in [2.45, 2.75) is 39.5 Å². The van der Waals surface area contributed by atoms with Crippen LogP contribution in [0, 0.1) is 12.8 Å². The predicted molar refractivity (Wildman–Crippen MR) is 94.9 cm³/mol. The Morgan fingerprint density at radius 2 is 1.81 bits per heavy atom. The SMILES string of the molecule is Cc1cc(Br)c2c(c1)CCc1cc(Br)cnc1[C@@H]2C(C)C. The maximum Gasteiger partial charge on any atom is 0.0514 e. The van der Waals surface area contributed by atoms with Gasteiger partial charge in [-0.15, -0.1) is 0 Å². The van der Waals surface area contributed by atoms with Crippen molar-refractivity contribution in [3.05, 3.63) is 61.3 Å². The van der Waals surface area contributed by atoms with Crippen LogP contribution in [0.4, 0.5) is 0 Å². The lowest BCUT2D eigenvalue weighted by molar-refractivity contribution is 0.548. The molecule has 2 aromatic rings. The molecule has 1 aromatic carbocycles. The zero-order valence-electron chi connectivity index (χ0n) is 12.6. The molecule has 0 bridgehead atoms. The molecule has 1 heterocycles. The lowest BCUT2D eigenvalue weighted by Gasteiger charge is -2.24. The van der Waals surface area contributed by atoms with Gasteiger partial charge in [-0.3, -0.25) is 4.98 Å². The third kappa shape index (κ3) is 2.83. The highest BCUT2D eigenvalue weighted by atomic mass is 79.9. The molecule has 0 saturated carbocycles. The zero-order chi connectivity index (χ0) is 15.1. The Morgan fingerprint density at radius 1 is 1.10 bits per heavy atom. The van der Waals surface area contributed by atoms with Crippen LogP contribution in [0.2, 0.25) is 0 Å². The van der Waals surface area contributed by atoms with E-state index in [0.29, 0.717) is 11.8 Å². The summed E-state index contributed by atoms with van der Waals surface area (Å²) in [7, 11) is 0. The maximum absolute atomic E-state index is 4.78. The molecule has 0 spiro atoms. The largest absolute Gasteiger partial charge is 0.259 e. The van der Waals surface area contributed by atoms with Gasteiger partial charge >= 0.3 is 0 Å². The summed E-state index contributed by atoms with van der Waals surface area (Å²) in [5.41, 5.74) is 6.85. The second kappa shape index (κ2) is 5.85. The van der Waals surface area contributed by atoms with Gasteiger partial charge in [-0.25, -0.2) is 0 Å². The van der Waals surface area contributed by atoms with Crippen LogP contribution in [0.25, 0.3) is 0 Å². The molecule has 21 heavy (non-hydrogen) atoms. The minimum atomic E-state index is 0.362. The topological polar surface area (TPSA) is 12.9 Å². The minimum absolute atomic E-state index is 0.362. The highest BCUT2D eigenvalue weighted by Gasteiger charge is 2.29. The predicted octanol–water partition coefficient (Wildman–Crippen LogP) is 5.80. The molecule has 0 saturated heterocycles. The molecule has 3 heteroatoms. The van der Waals surface area contributed by atoms with E-state index in [1.165, 1.54) is 32.4 Å². The third-order valence-electron chi connectivity index (χ3n) is 4.26. The van der Waals surface area contributed by atoms with Crippen molar-refractivity contribution in [2.75, 3.05) is 0 Å². The molecule has 0 aliphatic heterocycles. The van der Waals surface area contributed by atoms with Crippen LogP contribution >= 0.6 is 31.9 Å². The van der Waals surface area contributed by atoms with E-state index < -0.39 is 0 Å². The lowest BCUT2D eigenvalue weighted by Crippen LogP contribution is -2.13. The summed E-state index contributed by atoms with van der Waals surface area (Å²) in [6.45, 7) is 6.75. The third-order valence-corrected chi connectivity index (χ3v) is 5.35. The number of halogens is 2. The molecule has 1 aliphatic carbocycles. The monoisotopic (exact) mass is 407 g/mol. The lowest BCUT2D eigenvalue weighted by atomic mass is 9.82. The summed E-state index contributed by atoms with van der Waals surface area (Å²) >= 11 is 7.37. The first-order valence-electron chi connectivity index (χ1n) is 7.40. The van der Waals surface area contributed by atoms with Crippen LogP contribution in [-0.2, 0) is 12.8 Å². The molecular formula is C18H19Br2N. The molecule has 0 radical (unpaired) electrons. The van der Waals surface area contributed by atoms with Crippen LogP contribution in [-0.4, -0.2) is 4.98 Å². The van der Waals surface area contributed by atoms with E-state index in [-0.39, 0.29) is 0 Å². The van der Waals surface area contributed by atoms with Gasteiger partial charge in [0.05, 0.1) is 5.69 Å². The van der Waals surface area contributed by atoms with Crippen LogP contribution in [0.1, 0.15) is 47.7 Å². The van der Waals surface area contributed by atoms with Gasteiger partial charge in [-0.1, -0.05) is 35.8 Å². The Labute approximate surface area is 143 Å². The van der Waals surface area contributed by atoms with E-state index in [2.05, 4.69) is 70.8 Å². The van der Waals surface area contributed by atoms with Crippen LogP contribution in [0.15, 0.2) is 33.3 Å². The van der Waals surface area contributed by atoms with Crippen molar-refractivity contribution in [1.29, 1.82) is 0 Å². The summed E-state index contributed by atoms with van der Waals surface area (Å²) in [6, 6.07) is 6.82. The van der Waals surface area contributed by atoms with Crippen molar-refractivity contribution in [1.82, 2.24) is 4.98 Å². The highest BCUT2D eigenvalue weighted by Crippen LogP contribution is 2.42. The van der Waals surface area contributed by atoms with Gasteiger partial charge in [-0.2, -0.15) is 0 Å². The average molecular weight is 409 g/mol. The summed E-state index contributed by atoms with van der Waals surface area (Å²) < 4.78 is 2.30. The number of hydrogen-bond donors (Lipinski definition) is 0. The summed E-state index contributed by atoms with van der Waals surface area (Å²) in [4.78, 5) is 4.78. The molecular weight excluding hydrogens is 390 g/mol. The first kappa shape index (κ1) is 15.2. The fraction of sp³-hybridized carbons (Fsp3) is 0.389. The van der Waals surface area contributed by atoms with Crippen molar-refractivity contribution >= 4 is 31.9 Å². The number of fused-ring (bicyclic) bond motifs is 2. The standard InChI is InChI=1S/C18H19Br2N/c1-10(2)16-17-12(6-11(3)7-15(17)20)4-5-13-8-14(19)9-21-18(13)16/h6-10,16H,4-5H2,1-3H3/t16-/m1/s1. The second-order valence-corrected chi connectivity index (χ2v) is 8.01. The molecule has 0 unspecified atom stereocenters. The Hall–Kier alpha value is -0.670. The van der Waals surface area contributed by atoms with Gasteiger partial charge in [0.1, 0.15) is 0 Å². The maximum atomic E-state index is 4.78. The van der Waals surface area contributed by atoms with E-state index in [4.69, 9.17) is 4.98 Å². The van der Waals surface area contributed by atoms with Crippen LogP contribution < -0.4 is 0 Å². The number of aromatic nitrogens is 1. The van der Waals surface area contributed by atoms with Crippen LogP contribution in [0.5, 0.6) is 0 Å². The van der Waals surface area contributed by atoms with E-state index in [0.717, 1.165) is 17.3 Å². The van der Waals surface area contributed by atoms with Gasteiger partial charge in [0.25, 0.3) is 0 Å². The normalized spacial score (nSPS) is 17.3. The smallest absolute Gasteiger partial charge is 0.0514 e. The van der Waals surface area contributed by atoms with Gasteiger partial charge in [0, 0.05) is 21.1 Å². The number of pyridine rings is 1. The van der Waals surface area contributed by atoms with Crippen molar-refractivity contribution in [3.63, 3.8) is 0 Å². The molecule has 0 amide bonds. The Kier molecular flexibility index (Phi) is 4.24. The zero-order valence-corrected chi connectivity index (χ0v) is 15.8. The van der Waals surface area contributed by atoms with Gasteiger partial charge in [-0.05, 0) is 76.0 Å². The molecule has 1 aromatic heterocycles. The molecule has 110 valence electrons. The van der Waals surface area contributed by atoms with E-state index >= 15 is 0 Å². The summed E-state index contributed by atoms with van der Waals surface area (Å²) in [5.74, 6) is 0.883. The van der Waals surface area contributed by atoms with Crippen molar-refractivity contribution < 1.29 is 0 Å². The molecule has 1 aliphatic rings. The van der Waals surface area contributed by atoms with Gasteiger partial charge in [0.15, 0.2) is 0 Å². The molecule has 0 fully saturated rings. The number of nitrogens with zero attached hydrogens (tertiary/aromatic N) is 1. The van der Waals surface area contributed by atoms with E-state index in [1.807, 2.05) is 6.20 Å². The fourth-order valence-corrected chi connectivity index (χ4v) is 4.65. The average Bonchev–Trinajstić information content (AvgIpc) is 2.55. The Bertz CT molecular complexity index is 692. The molecule has 0 N–H and O–H groups in total. The first-order valence-corrected chi connectivity index (χ1v) is 8.99. The summed E-state index contributed by atoms with van der Waals surface area (Å²) in [5, 5.41) is 0. The first-order chi connectivity index (χ1) is 9.97. The number of rotatable bonds is 1. The van der Waals surface area contributed by atoms with E-state index in [9.17, 15) is 0 Å². The number of hydrogen-bond acceptors (Lipinski definition) is 1. The molecule has 1 atom stereocenters.